The van der Waals surface area contributed by atoms with E-state index in [-0.39, 0.29) is 24.3 Å². The minimum Gasteiger partial charge on any atom is -0.497 e. The lowest BCUT2D eigenvalue weighted by Crippen LogP contribution is -2.36. The summed E-state index contributed by atoms with van der Waals surface area (Å²) in [6.07, 6.45) is 1.85. The molecule has 7 heteroatoms. The number of carbonyl (C=O) groups is 2. The van der Waals surface area contributed by atoms with Crippen LogP contribution in [0.4, 0.5) is 0 Å². The number of halogens is 1. The molecule has 1 saturated heterocycles. The van der Waals surface area contributed by atoms with E-state index in [2.05, 4.69) is 5.32 Å². The Balaban J connectivity index is 1.58. The van der Waals surface area contributed by atoms with Crippen LogP contribution in [0, 0.1) is 0 Å². The van der Waals surface area contributed by atoms with Gasteiger partial charge < -0.3 is 19.7 Å². The number of likely N-dealkylation sites (tertiary alicyclic amines) is 1. The second-order valence-electron chi connectivity index (χ2n) is 8.47. The highest BCUT2D eigenvalue weighted by Gasteiger charge is 2.33. The van der Waals surface area contributed by atoms with Crippen molar-refractivity contribution in [3.8, 4) is 11.5 Å². The Morgan fingerprint density at radius 2 is 1.77 bits per heavy atom. The first-order valence-corrected chi connectivity index (χ1v) is 12.0. The van der Waals surface area contributed by atoms with Gasteiger partial charge in [0.05, 0.1) is 43.3 Å². The van der Waals surface area contributed by atoms with Crippen LogP contribution in [-0.2, 0) is 4.79 Å². The maximum atomic E-state index is 13.6. The second-order valence-corrected chi connectivity index (χ2v) is 8.88. The summed E-state index contributed by atoms with van der Waals surface area (Å²) in [5, 5.41) is 3.39. The normalized spacial score (nSPS) is 16.0. The van der Waals surface area contributed by atoms with E-state index in [0.717, 1.165) is 29.7 Å². The second kappa shape index (κ2) is 11.3. The maximum absolute atomic E-state index is 13.6. The topological polar surface area (TPSA) is 67.9 Å². The lowest BCUT2D eigenvalue weighted by Gasteiger charge is -2.29. The summed E-state index contributed by atoms with van der Waals surface area (Å²) >= 11 is 6.24. The molecule has 0 spiro atoms. The van der Waals surface area contributed by atoms with Crippen LogP contribution in [0.3, 0.4) is 0 Å². The van der Waals surface area contributed by atoms with E-state index in [4.69, 9.17) is 21.1 Å². The van der Waals surface area contributed by atoms with Gasteiger partial charge in [0.1, 0.15) is 11.5 Å². The summed E-state index contributed by atoms with van der Waals surface area (Å²) in [7, 11) is 3.25. The summed E-state index contributed by atoms with van der Waals surface area (Å²) in [5.41, 5.74) is 2.16. The van der Waals surface area contributed by atoms with Crippen LogP contribution in [-0.4, -0.2) is 37.5 Å². The van der Waals surface area contributed by atoms with Crippen molar-refractivity contribution in [2.75, 3.05) is 20.8 Å². The smallest absolute Gasteiger partial charge is 0.253 e. The van der Waals surface area contributed by atoms with E-state index in [1.807, 2.05) is 53.4 Å². The van der Waals surface area contributed by atoms with Crippen LogP contribution >= 0.6 is 11.6 Å². The molecule has 6 nitrogen and oxygen atoms in total. The Bertz CT molecular complexity index is 1180. The van der Waals surface area contributed by atoms with Gasteiger partial charge in [-0.05, 0) is 48.7 Å². The van der Waals surface area contributed by atoms with Gasteiger partial charge in [0.15, 0.2) is 0 Å². The van der Waals surface area contributed by atoms with E-state index < -0.39 is 6.04 Å². The monoisotopic (exact) mass is 492 g/mol. The molecule has 1 aliphatic rings. The summed E-state index contributed by atoms with van der Waals surface area (Å²) in [4.78, 5) is 28.6. The first-order chi connectivity index (χ1) is 17.0. The SMILES string of the molecule is COc1ccc(OC)c(C2CCCN2C(=O)CC(NC(=O)c2ccccc2Cl)c2ccccc2)c1. The van der Waals surface area contributed by atoms with Gasteiger partial charge in [0, 0.05) is 12.1 Å². The van der Waals surface area contributed by atoms with Crippen LogP contribution < -0.4 is 14.8 Å². The van der Waals surface area contributed by atoms with Gasteiger partial charge in [-0.3, -0.25) is 9.59 Å². The van der Waals surface area contributed by atoms with Gasteiger partial charge >= 0.3 is 0 Å². The number of hydrogen-bond donors (Lipinski definition) is 1. The Hall–Kier alpha value is -3.51. The van der Waals surface area contributed by atoms with Crippen molar-refractivity contribution < 1.29 is 19.1 Å². The zero-order valence-electron chi connectivity index (χ0n) is 19.9. The molecule has 1 heterocycles. The fourth-order valence-electron chi connectivity index (χ4n) is 4.60. The molecule has 0 saturated carbocycles. The third-order valence-corrected chi connectivity index (χ3v) is 6.70. The number of methoxy groups -OCH3 is 2. The Labute approximate surface area is 210 Å². The quantitative estimate of drug-likeness (QED) is 0.445. The van der Waals surface area contributed by atoms with Gasteiger partial charge in [-0.2, -0.15) is 0 Å². The fourth-order valence-corrected chi connectivity index (χ4v) is 4.82. The van der Waals surface area contributed by atoms with Gasteiger partial charge in [-0.25, -0.2) is 0 Å². The van der Waals surface area contributed by atoms with Gasteiger partial charge in [0.25, 0.3) is 5.91 Å². The third-order valence-electron chi connectivity index (χ3n) is 6.37. The molecule has 1 fully saturated rings. The number of nitrogens with zero attached hydrogens (tertiary/aromatic N) is 1. The van der Waals surface area contributed by atoms with Crippen molar-refractivity contribution in [3.05, 3.63) is 94.5 Å². The summed E-state index contributed by atoms with van der Waals surface area (Å²) in [5.74, 6) is 1.09. The number of benzene rings is 3. The third kappa shape index (κ3) is 5.60. The number of hydrogen-bond acceptors (Lipinski definition) is 4. The van der Waals surface area contributed by atoms with Crippen molar-refractivity contribution >= 4 is 23.4 Å². The molecular weight excluding hydrogens is 464 g/mol. The first-order valence-electron chi connectivity index (χ1n) is 11.6. The number of rotatable bonds is 8. The molecule has 2 atom stereocenters. The first kappa shape index (κ1) is 24.6. The van der Waals surface area contributed by atoms with Crippen molar-refractivity contribution in [3.63, 3.8) is 0 Å². The zero-order valence-corrected chi connectivity index (χ0v) is 20.6. The van der Waals surface area contributed by atoms with Crippen LogP contribution in [0.15, 0.2) is 72.8 Å². The van der Waals surface area contributed by atoms with E-state index in [1.165, 1.54) is 0 Å². The maximum Gasteiger partial charge on any atom is 0.253 e. The molecule has 35 heavy (non-hydrogen) atoms. The molecule has 0 radical (unpaired) electrons. The van der Waals surface area contributed by atoms with E-state index >= 15 is 0 Å². The van der Waals surface area contributed by atoms with Crippen LogP contribution in [0.25, 0.3) is 0 Å². The van der Waals surface area contributed by atoms with Crippen LogP contribution in [0.2, 0.25) is 5.02 Å². The minimum atomic E-state index is -0.499. The van der Waals surface area contributed by atoms with Crippen molar-refractivity contribution in [2.24, 2.45) is 0 Å². The predicted molar refractivity (Wildman–Crippen MR) is 136 cm³/mol. The number of ether oxygens (including phenoxy) is 2. The molecule has 182 valence electrons. The molecule has 3 aromatic rings. The van der Waals surface area contributed by atoms with E-state index in [1.54, 1.807) is 38.5 Å². The minimum absolute atomic E-state index is 0.0364. The zero-order chi connectivity index (χ0) is 24.8. The highest BCUT2D eigenvalue weighted by Crippen LogP contribution is 2.39. The van der Waals surface area contributed by atoms with E-state index in [0.29, 0.717) is 22.9 Å². The van der Waals surface area contributed by atoms with Gasteiger partial charge in [0.2, 0.25) is 5.91 Å². The van der Waals surface area contributed by atoms with E-state index in [9.17, 15) is 9.59 Å². The van der Waals surface area contributed by atoms with Crippen molar-refractivity contribution in [1.29, 1.82) is 0 Å². The average Bonchev–Trinajstić information content (AvgIpc) is 3.38. The lowest BCUT2D eigenvalue weighted by molar-refractivity contribution is -0.132. The van der Waals surface area contributed by atoms with Crippen LogP contribution in [0.1, 0.15) is 52.8 Å². The van der Waals surface area contributed by atoms with Crippen molar-refractivity contribution in [2.45, 2.75) is 31.3 Å². The largest absolute Gasteiger partial charge is 0.497 e. The number of nitrogens with one attached hydrogen (secondary N) is 1. The number of carbonyl (C=O) groups excluding carboxylic acids is 2. The molecule has 2 unspecified atom stereocenters. The average molecular weight is 493 g/mol. The Morgan fingerprint density at radius 1 is 1.03 bits per heavy atom. The summed E-state index contributed by atoms with van der Waals surface area (Å²) in [6, 6.07) is 21.4. The summed E-state index contributed by atoms with van der Waals surface area (Å²) in [6.45, 7) is 0.643. The highest BCUT2D eigenvalue weighted by atomic mass is 35.5. The number of amides is 2. The molecule has 1 aliphatic heterocycles. The molecule has 3 aromatic carbocycles. The molecule has 4 rings (SSSR count). The van der Waals surface area contributed by atoms with Gasteiger partial charge in [-0.15, -0.1) is 0 Å². The molecule has 0 aromatic heterocycles. The molecular formula is C28H29ClN2O4. The molecule has 0 bridgehead atoms. The van der Waals surface area contributed by atoms with Crippen LogP contribution in [0.5, 0.6) is 11.5 Å². The summed E-state index contributed by atoms with van der Waals surface area (Å²) < 4.78 is 11.0. The lowest BCUT2D eigenvalue weighted by atomic mass is 10.00. The molecule has 2 amide bonds. The fraction of sp³-hybridized carbons (Fsp3) is 0.286. The van der Waals surface area contributed by atoms with Gasteiger partial charge in [-0.1, -0.05) is 54.1 Å². The highest BCUT2D eigenvalue weighted by molar-refractivity contribution is 6.33. The standard InChI is InChI=1S/C28H29ClN2O4/c1-34-20-14-15-26(35-2)22(17-20)25-13-8-16-31(25)27(32)18-24(19-9-4-3-5-10-19)30-28(33)21-11-6-7-12-23(21)29/h3-7,9-12,14-15,17,24-25H,8,13,16,18H2,1-2H3,(H,30,33). The molecule has 1 N–H and O–H groups in total. The molecule has 0 aliphatic carbocycles. The van der Waals surface area contributed by atoms with Crippen molar-refractivity contribution in [1.82, 2.24) is 10.2 Å². The Kier molecular flexibility index (Phi) is 7.93. The predicted octanol–water partition coefficient (Wildman–Crippen LogP) is 5.58. The Morgan fingerprint density at radius 3 is 2.49 bits per heavy atom.